The molecular weight excluding hydrogens is 272 g/mol. The van der Waals surface area contributed by atoms with Crippen molar-refractivity contribution in [3.05, 3.63) is 23.2 Å². The quantitative estimate of drug-likeness (QED) is 0.897. The van der Waals surface area contributed by atoms with Gasteiger partial charge in [-0.05, 0) is 29.3 Å². The van der Waals surface area contributed by atoms with Crippen LogP contribution in [-0.4, -0.2) is 32.1 Å². The van der Waals surface area contributed by atoms with Gasteiger partial charge in [0.05, 0.1) is 0 Å². The van der Waals surface area contributed by atoms with Crippen LogP contribution in [0.1, 0.15) is 13.3 Å². The molecule has 2 rings (SSSR count). The third-order valence-electron chi connectivity index (χ3n) is 2.29. The Morgan fingerprint density at radius 2 is 2.44 bits per heavy atom. The largest absolute Gasteiger partial charge is 0.396 e. The fourth-order valence-corrected chi connectivity index (χ4v) is 1.90. The molecule has 0 saturated carbocycles. The predicted octanol–water partition coefficient (Wildman–Crippen LogP) is 1.67. The maximum Gasteiger partial charge on any atom is 0.180 e. The Morgan fingerprint density at radius 3 is 3.19 bits per heavy atom. The Bertz CT molecular complexity index is 485. The first-order valence-corrected chi connectivity index (χ1v) is 5.86. The van der Waals surface area contributed by atoms with Crippen molar-refractivity contribution in [3.8, 4) is 0 Å². The van der Waals surface area contributed by atoms with Gasteiger partial charge in [0.2, 0.25) is 0 Å². The van der Waals surface area contributed by atoms with Gasteiger partial charge in [0.15, 0.2) is 11.5 Å². The highest BCUT2D eigenvalue weighted by atomic mass is 79.9. The number of fused-ring (bicyclic) bond motifs is 1. The zero-order chi connectivity index (χ0) is 11.5. The minimum absolute atomic E-state index is 0.160. The Kier molecular flexibility index (Phi) is 3.40. The normalized spacial score (nSPS) is 12.9. The van der Waals surface area contributed by atoms with Crippen molar-refractivity contribution >= 4 is 27.4 Å². The Morgan fingerprint density at radius 1 is 1.62 bits per heavy atom. The molecule has 2 heterocycles. The number of nitrogens with one attached hydrogen (secondary N) is 1. The molecule has 2 aromatic rings. The molecule has 0 amide bonds. The first-order chi connectivity index (χ1) is 7.70. The molecule has 0 radical (unpaired) electrons. The Hall–Kier alpha value is -1.14. The number of rotatable bonds is 4. The van der Waals surface area contributed by atoms with Crippen LogP contribution in [0.15, 0.2) is 23.2 Å². The van der Waals surface area contributed by atoms with E-state index in [4.69, 9.17) is 5.11 Å². The van der Waals surface area contributed by atoms with Crippen molar-refractivity contribution in [2.24, 2.45) is 0 Å². The number of hydrogen-bond donors (Lipinski definition) is 2. The molecule has 86 valence electrons. The molecule has 2 aromatic heterocycles. The van der Waals surface area contributed by atoms with E-state index in [1.54, 1.807) is 6.20 Å². The molecule has 1 unspecified atom stereocenters. The van der Waals surface area contributed by atoms with E-state index in [0.717, 1.165) is 16.1 Å². The SMILES string of the molecule is CC(CCO)Nc1nc(Br)cn2ccnc12. The summed E-state index contributed by atoms with van der Waals surface area (Å²) >= 11 is 3.35. The summed E-state index contributed by atoms with van der Waals surface area (Å²) in [4.78, 5) is 8.56. The van der Waals surface area contributed by atoms with E-state index in [1.165, 1.54) is 0 Å². The van der Waals surface area contributed by atoms with Gasteiger partial charge in [-0.3, -0.25) is 0 Å². The first kappa shape index (κ1) is 11.3. The molecule has 1 atom stereocenters. The van der Waals surface area contributed by atoms with E-state index in [0.29, 0.717) is 6.42 Å². The van der Waals surface area contributed by atoms with Crippen LogP contribution in [-0.2, 0) is 0 Å². The van der Waals surface area contributed by atoms with Crippen LogP contribution in [0.2, 0.25) is 0 Å². The monoisotopic (exact) mass is 284 g/mol. The topological polar surface area (TPSA) is 62.5 Å². The van der Waals surface area contributed by atoms with E-state index in [1.807, 2.05) is 23.7 Å². The number of halogens is 1. The molecule has 0 aliphatic rings. The van der Waals surface area contributed by atoms with Crippen LogP contribution >= 0.6 is 15.9 Å². The number of aromatic nitrogens is 3. The van der Waals surface area contributed by atoms with Crippen LogP contribution in [0.25, 0.3) is 5.65 Å². The number of aliphatic hydroxyl groups excluding tert-OH is 1. The van der Waals surface area contributed by atoms with Gasteiger partial charge in [-0.2, -0.15) is 0 Å². The molecule has 0 aliphatic heterocycles. The summed E-state index contributed by atoms with van der Waals surface area (Å²) in [5.41, 5.74) is 0.785. The van der Waals surface area contributed by atoms with Gasteiger partial charge in [-0.1, -0.05) is 0 Å². The van der Waals surface area contributed by atoms with Crippen molar-refractivity contribution in [1.82, 2.24) is 14.4 Å². The summed E-state index contributed by atoms with van der Waals surface area (Å²) in [6.07, 6.45) is 6.13. The molecule has 0 fully saturated rings. The lowest BCUT2D eigenvalue weighted by Gasteiger charge is -2.13. The highest BCUT2D eigenvalue weighted by Gasteiger charge is 2.09. The van der Waals surface area contributed by atoms with Gasteiger partial charge in [0.25, 0.3) is 0 Å². The lowest BCUT2D eigenvalue weighted by Crippen LogP contribution is -2.18. The third kappa shape index (κ3) is 2.33. The highest BCUT2D eigenvalue weighted by Crippen LogP contribution is 2.17. The van der Waals surface area contributed by atoms with Gasteiger partial charge < -0.3 is 14.8 Å². The number of anilines is 1. The van der Waals surface area contributed by atoms with E-state index >= 15 is 0 Å². The van der Waals surface area contributed by atoms with Gasteiger partial charge in [-0.25, -0.2) is 9.97 Å². The lowest BCUT2D eigenvalue weighted by molar-refractivity contribution is 0.282. The highest BCUT2D eigenvalue weighted by molar-refractivity contribution is 9.10. The van der Waals surface area contributed by atoms with Crippen LogP contribution in [0.5, 0.6) is 0 Å². The first-order valence-electron chi connectivity index (χ1n) is 5.07. The average Bonchev–Trinajstić information content (AvgIpc) is 2.65. The van der Waals surface area contributed by atoms with Gasteiger partial charge >= 0.3 is 0 Å². The molecule has 0 aliphatic carbocycles. The molecule has 5 nitrogen and oxygen atoms in total. The lowest BCUT2D eigenvalue weighted by atomic mass is 10.2. The minimum atomic E-state index is 0.160. The maximum atomic E-state index is 8.85. The molecule has 0 bridgehead atoms. The van der Waals surface area contributed by atoms with Crippen LogP contribution in [0, 0.1) is 0 Å². The second-order valence-electron chi connectivity index (χ2n) is 3.63. The van der Waals surface area contributed by atoms with Crippen molar-refractivity contribution in [3.63, 3.8) is 0 Å². The summed E-state index contributed by atoms with van der Waals surface area (Å²) < 4.78 is 2.64. The van der Waals surface area contributed by atoms with Crippen molar-refractivity contribution in [2.45, 2.75) is 19.4 Å². The minimum Gasteiger partial charge on any atom is -0.396 e. The van der Waals surface area contributed by atoms with Gasteiger partial charge in [0, 0.05) is 31.2 Å². The summed E-state index contributed by atoms with van der Waals surface area (Å²) in [7, 11) is 0. The number of imidazole rings is 1. The second kappa shape index (κ2) is 4.80. The second-order valence-corrected chi connectivity index (χ2v) is 4.44. The number of aliphatic hydroxyl groups is 1. The summed E-state index contributed by atoms with van der Waals surface area (Å²) in [5.74, 6) is 0.723. The number of hydrogen-bond acceptors (Lipinski definition) is 4. The maximum absolute atomic E-state index is 8.85. The number of nitrogens with zero attached hydrogens (tertiary/aromatic N) is 3. The third-order valence-corrected chi connectivity index (χ3v) is 2.67. The van der Waals surface area contributed by atoms with Crippen LogP contribution in [0.3, 0.4) is 0 Å². The predicted molar refractivity (Wildman–Crippen MR) is 65.5 cm³/mol. The summed E-state index contributed by atoms with van der Waals surface area (Å²) in [6.45, 7) is 2.16. The van der Waals surface area contributed by atoms with E-state index < -0.39 is 0 Å². The van der Waals surface area contributed by atoms with E-state index in [9.17, 15) is 0 Å². The smallest absolute Gasteiger partial charge is 0.180 e. The van der Waals surface area contributed by atoms with Crippen molar-refractivity contribution in [1.29, 1.82) is 0 Å². The molecule has 0 aromatic carbocycles. The molecule has 0 saturated heterocycles. The summed E-state index contributed by atoms with van der Waals surface area (Å²) in [6, 6.07) is 0.160. The standard InChI is InChI=1S/C10H13BrN4O/c1-7(2-5-16)13-9-10-12-3-4-15(10)6-8(11)14-9/h3-4,6-7,16H,2,5H2,1H3,(H,13,14). The molecule has 2 N–H and O–H groups in total. The molecule has 16 heavy (non-hydrogen) atoms. The van der Waals surface area contributed by atoms with Crippen LogP contribution < -0.4 is 5.32 Å². The average molecular weight is 285 g/mol. The van der Waals surface area contributed by atoms with Crippen molar-refractivity contribution < 1.29 is 5.11 Å². The zero-order valence-electron chi connectivity index (χ0n) is 8.89. The van der Waals surface area contributed by atoms with Crippen molar-refractivity contribution in [2.75, 3.05) is 11.9 Å². The molecule has 0 spiro atoms. The van der Waals surface area contributed by atoms with Gasteiger partial charge in [0.1, 0.15) is 4.60 Å². The fourth-order valence-electron chi connectivity index (χ4n) is 1.50. The fraction of sp³-hybridized carbons (Fsp3) is 0.400. The summed E-state index contributed by atoms with van der Waals surface area (Å²) in [5, 5.41) is 12.1. The van der Waals surface area contributed by atoms with E-state index in [2.05, 4.69) is 31.2 Å². The molecule has 6 heteroatoms. The Balaban J connectivity index is 2.31. The Labute approximate surface area is 102 Å². The van der Waals surface area contributed by atoms with Gasteiger partial charge in [-0.15, -0.1) is 0 Å². The van der Waals surface area contributed by atoms with E-state index in [-0.39, 0.29) is 12.6 Å². The zero-order valence-corrected chi connectivity index (χ0v) is 10.5. The molecular formula is C10H13BrN4O. The van der Waals surface area contributed by atoms with Crippen LogP contribution in [0.4, 0.5) is 5.82 Å².